The van der Waals surface area contributed by atoms with Gasteiger partial charge in [0, 0.05) is 20.8 Å². The van der Waals surface area contributed by atoms with Crippen molar-refractivity contribution >= 4 is 39.2 Å². The summed E-state index contributed by atoms with van der Waals surface area (Å²) in [5.74, 6) is 0.555. The van der Waals surface area contributed by atoms with Crippen LogP contribution in [0.5, 0.6) is 0 Å². The van der Waals surface area contributed by atoms with E-state index >= 15 is 0 Å². The molecule has 158 valence electrons. The lowest BCUT2D eigenvalue weighted by atomic mass is 10.2. The topological polar surface area (TPSA) is 52.6 Å². The third-order valence-electron chi connectivity index (χ3n) is 4.68. The molecule has 0 saturated carbocycles. The Kier molecular flexibility index (Phi) is 11.4. The first-order valence-electron chi connectivity index (χ1n) is 9.77. The van der Waals surface area contributed by atoms with Gasteiger partial charge in [-0.1, -0.05) is 64.3 Å². The molecule has 0 aliphatic heterocycles. The van der Waals surface area contributed by atoms with Crippen LogP contribution in [0.25, 0.3) is 0 Å². The molecule has 1 atom stereocenters. The van der Waals surface area contributed by atoms with E-state index in [-0.39, 0.29) is 28.6 Å². The fourth-order valence-electron chi connectivity index (χ4n) is 1.92. The zero-order chi connectivity index (χ0) is 21.3. The minimum absolute atomic E-state index is 0.0747. The summed E-state index contributed by atoms with van der Waals surface area (Å²) in [5.41, 5.74) is 0. The van der Waals surface area contributed by atoms with E-state index in [0.717, 1.165) is 18.2 Å². The van der Waals surface area contributed by atoms with Crippen molar-refractivity contribution in [3.8, 4) is 0 Å². The molecule has 0 fully saturated rings. The van der Waals surface area contributed by atoms with Crippen molar-refractivity contribution in [3.05, 3.63) is 12.2 Å². The molecule has 0 aromatic heterocycles. The molecule has 0 amide bonds. The predicted octanol–water partition coefficient (Wildman–Crippen LogP) is 5.87. The van der Waals surface area contributed by atoms with Gasteiger partial charge in [0.05, 0.1) is 19.1 Å². The van der Waals surface area contributed by atoms with Gasteiger partial charge < -0.3 is 9.16 Å². The van der Waals surface area contributed by atoms with Crippen molar-refractivity contribution in [1.82, 2.24) is 0 Å². The second-order valence-corrected chi connectivity index (χ2v) is 21.4. The fraction of sp³-hybridized carbons (Fsp3) is 0.800. The highest BCUT2D eigenvalue weighted by molar-refractivity contribution is 8.13. The van der Waals surface area contributed by atoms with E-state index < -0.39 is 16.4 Å². The minimum Gasteiger partial charge on any atom is -0.466 e. The number of hydrogen-bond acceptors (Lipinski definition) is 5. The molecule has 27 heavy (non-hydrogen) atoms. The van der Waals surface area contributed by atoms with Crippen LogP contribution >= 0.6 is 11.8 Å². The van der Waals surface area contributed by atoms with Gasteiger partial charge in [0.2, 0.25) is 0 Å². The number of rotatable bonds is 11. The zero-order valence-corrected chi connectivity index (χ0v) is 21.6. The van der Waals surface area contributed by atoms with Crippen molar-refractivity contribution < 1.29 is 18.8 Å². The van der Waals surface area contributed by atoms with Crippen molar-refractivity contribution in [2.45, 2.75) is 90.5 Å². The average molecular weight is 433 g/mol. The largest absolute Gasteiger partial charge is 0.466 e. The molecule has 0 radical (unpaired) electrons. The fourth-order valence-corrected chi connectivity index (χ4v) is 4.45. The van der Waals surface area contributed by atoms with E-state index in [1.165, 1.54) is 11.8 Å². The van der Waals surface area contributed by atoms with Gasteiger partial charge in [-0.05, 0) is 30.6 Å². The number of esters is 1. The minimum atomic E-state index is -1.99. The molecule has 0 saturated heterocycles. The summed E-state index contributed by atoms with van der Waals surface area (Å²) in [7, 11) is -3.21. The summed E-state index contributed by atoms with van der Waals surface area (Å²) >= 11 is 1.32. The van der Waals surface area contributed by atoms with Crippen LogP contribution in [0, 0.1) is 0 Å². The highest BCUT2D eigenvalue weighted by Gasteiger charge is 2.39. The Morgan fingerprint density at radius 3 is 2.19 bits per heavy atom. The molecule has 0 aromatic carbocycles. The number of carbonyl (C=O) groups is 2. The summed E-state index contributed by atoms with van der Waals surface area (Å²) in [4.78, 5) is 23.3. The Morgan fingerprint density at radius 1 is 1.11 bits per heavy atom. The number of ether oxygens (including phenoxy) is 1. The molecule has 0 aliphatic rings. The van der Waals surface area contributed by atoms with Crippen LogP contribution in [0.15, 0.2) is 12.2 Å². The molecule has 0 aromatic rings. The van der Waals surface area contributed by atoms with Gasteiger partial charge in [0.15, 0.2) is 13.4 Å². The Morgan fingerprint density at radius 2 is 1.70 bits per heavy atom. The Balaban J connectivity index is 4.84. The smallest absolute Gasteiger partial charge is 0.308 e. The van der Waals surface area contributed by atoms with Crippen molar-refractivity contribution in [2.24, 2.45) is 0 Å². The van der Waals surface area contributed by atoms with E-state index in [1.54, 1.807) is 6.92 Å². The van der Waals surface area contributed by atoms with Crippen molar-refractivity contribution in [2.75, 3.05) is 12.4 Å². The number of carbonyl (C=O) groups excluding carboxylic acids is 2. The van der Waals surface area contributed by atoms with Crippen LogP contribution in [0.1, 0.15) is 40.5 Å². The average Bonchev–Trinajstić information content (AvgIpc) is 2.43. The first-order valence-corrected chi connectivity index (χ1v) is 17.4. The normalized spacial score (nSPS) is 14.4. The third-order valence-corrected chi connectivity index (χ3v) is 11.7. The van der Waals surface area contributed by atoms with Crippen molar-refractivity contribution in [1.29, 1.82) is 0 Å². The molecule has 4 nitrogen and oxygen atoms in total. The lowest BCUT2D eigenvalue weighted by Crippen LogP contribution is -2.44. The SMILES string of the molecule is CC(=O)SCCC=C[C@H](CC(=O)OCC[Si](C)(C)C)O[Si](C)(C)C(C)(C)C. The highest BCUT2D eigenvalue weighted by atomic mass is 32.2. The van der Waals surface area contributed by atoms with Crippen LogP contribution in [0.2, 0.25) is 43.8 Å². The highest BCUT2D eigenvalue weighted by Crippen LogP contribution is 2.37. The van der Waals surface area contributed by atoms with E-state index in [2.05, 4.69) is 53.5 Å². The Hall–Kier alpha value is -0.376. The summed E-state index contributed by atoms with van der Waals surface area (Å²) in [5, 5.41) is 0.203. The monoisotopic (exact) mass is 432 g/mol. The van der Waals surface area contributed by atoms with Crippen LogP contribution in [0.4, 0.5) is 0 Å². The molecule has 0 unspecified atom stereocenters. The van der Waals surface area contributed by atoms with Crippen LogP contribution in [-0.2, 0) is 18.8 Å². The summed E-state index contributed by atoms with van der Waals surface area (Å²) < 4.78 is 11.9. The van der Waals surface area contributed by atoms with Gasteiger partial charge in [-0.2, -0.15) is 0 Å². The molecule has 0 heterocycles. The van der Waals surface area contributed by atoms with E-state index in [4.69, 9.17) is 9.16 Å². The van der Waals surface area contributed by atoms with Crippen LogP contribution < -0.4 is 0 Å². The van der Waals surface area contributed by atoms with Gasteiger partial charge in [-0.25, -0.2) is 0 Å². The molecule has 0 rings (SSSR count). The maximum Gasteiger partial charge on any atom is 0.308 e. The standard InChI is InChI=1S/C20H40O4SSi2/c1-17(21)25-14-11-10-12-18(24-27(8,9)20(2,3)4)16-19(22)23-13-15-26(5,6)7/h10,12,18H,11,13-16H2,1-9H3/t18-/m1/s1. The van der Waals surface area contributed by atoms with Crippen molar-refractivity contribution in [3.63, 3.8) is 0 Å². The second-order valence-electron chi connectivity index (χ2n) is 9.71. The number of thioether (sulfide) groups is 1. The quantitative estimate of drug-likeness (QED) is 0.177. The summed E-state index contributed by atoms with van der Waals surface area (Å²) in [6, 6.07) is 0.977. The lowest BCUT2D eigenvalue weighted by molar-refractivity contribution is -0.144. The summed E-state index contributed by atoms with van der Waals surface area (Å²) in [6.45, 7) is 19.8. The van der Waals surface area contributed by atoms with Gasteiger partial charge in [-0.15, -0.1) is 0 Å². The molecule has 0 N–H and O–H groups in total. The zero-order valence-electron chi connectivity index (χ0n) is 18.8. The Bertz CT molecular complexity index is 505. The molecule has 0 bridgehead atoms. The van der Waals surface area contributed by atoms with Gasteiger partial charge in [0.1, 0.15) is 0 Å². The maximum atomic E-state index is 12.3. The molecule has 7 heteroatoms. The molecular weight excluding hydrogens is 392 g/mol. The lowest BCUT2D eigenvalue weighted by Gasteiger charge is -2.38. The van der Waals surface area contributed by atoms with Crippen LogP contribution in [-0.4, -0.2) is 45.9 Å². The van der Waals surface area contributed by atoms with Gasteiger partial charge in [0.25, 0.3) is 0 Å². The molecule has 0 spiro atoms. The molecule has 0 aliphatic carbocycles. The van der Waals surface area contributed by atoms with E-state index in [9.17, 15) is 9.59 Å². The first kappa shape index (κ1) is 26.6. The van der Waals surface area contributed by atoms with E-state index in [1.807, 2.05) is 12.2 Å². The van der Waals surface area contributed by atoms with Crippen LogP contribution in [0.3, 0.4) is 0 Å². The molecular formula is C20H40O4SSi2. The van der Waals surface area contributed by atoms with Gasteiger partial charge in [-0.3, -0.25) is 9.59 Å². The predicted molar refractivity (Wildman–Crippen MR) is 123 cm³/mol. The van der Waals surface area contributed by atoms with E-state index in [0.29, 0.717) is 6.61 Å². The maximum absolute atomic E-state index is 12.3. The number of hydrogen-bond donors (Lipinski definition) is 0. The van der Waals surface area contributed by atoms with Gasteiger partial charge >= 0.3 is 5.97 Å². The number of allylic oxidation sites excluding steroid dienone is 1. The third kappa shape index (κ3) is 13.4. The first-order chi connectivity index (χ1) is 12.1. The Labute approximate surface area is 173 Å². The summed E-state index contributed by atoms with van der Waals surface area (Å²) in [6.07, 6.45) is 4.75. The second kappa shape index (κ2) is 11.6.